The maximum Gasteiger partial charge on any atom is 0.230 e. The van der Waals surface area contributed by atoms with Crippen LogP contribution in [0.1, 0.15) is 18.2 Å². The molecule has 0 aliphatic carbocycles. The summed E-state index contributed by atoms with van der Waals surface area (Å²) in [6, 6.07) is 17.7. The number of thiazole rings is 1. The number of nitrogens with zero attached hydrogens (tertiary/aromatic N) is 2. The lowest BCUT2D eigenvalue weighted by Crippen LogP contribution is -2.19. The molecule has 0 aliphatic rings. The molecule has 0 fully saturated rings. The first-order valence-corrected chi connectivity index (χ1v) is 9.15. The van der Waals surface area contributed by atoms with Crippen LogP contribution in [0.5, 0.6) is 0 Å². The smallest absolute Gasteiger partial charge is 0.230 e. The van der Waals surface area contributed by atoms with Gasteiger partial charge < -0.3 is 9.88 Å². The lowest BCUT2D eigenvalue weighted by molar-refractivity contribution is -0.115. The molecule has 2 aromatic carbocycles. The van der Waals surface area contributed by atoms with Crippen LogP contribution in [0, 0.1) is 0 Å². The van der Waals surface area contributed by atoms with Gasteiger partial charge in [-0.2, -0.15) is 0 Å². The number of aryl methyl sites for hydroxylation is 1. The van der Waals surface area contributed by atoms with Crippen LogP contribution in [0.15, 0.2) is 65.0 Å². The Kier molecular flexibility index (Phi) is 7.18. The highest BCUT2D eigenvalue weighted by Crippen LogP contribution is 2.14. The van der Waals surface area contributed by atoms with E-state index < -0.39 is 0 Å². The van der Waals surface area contributed by atoms with Gasteiger partial charge >= 0.3 is 0 Å². The second kappa shape index (κ2) is 9.36. The van der Waals surface area contributed by atoms with Crippen molar-refractivity contribution in [2.24, 2.45) is 12.0 Å². The number of anilines is 1. The predicted octanol–water partition coefficient (Wildman–Crippen LogP) is 4.48. The van der Waals surface area contributed by atoms with Crippen molar-refractivity contribution >= 4 is 41.0 Å². The molecule has 1 amide bonds. The Morgan fingerprint density at radius 3 is 2.46 bits per heavy atom. The van der Waals surface area contributed by atoms with Gasteiger partial charge in [0.1, 0.15) is 0 Å². The molecule has 0 atom stereocenters. The summed E-state index contributed by atoms with van der Waals surface area (Å²) in [7, 11) is 1.95. The normalized spacial score (nSPS) is 11.1. The lowest BCUT2D eigenvalue weighted by Gasteiger charge is -2.05. The standard InChI is InChI=1S/C20H21N3OS.ClH/c1-3-15-9-11-17(12-10-15)22-20-23(2)18(14-25-20)13-19(24)21-16-7-5-4-6-8-16;/h4-12,14H,3,13H2,1-2H3,(H,21,24);1H. The second-order valence-electron chi connectivity index (χ2n) is 5.79. The number of aromatic nitrogens is 1. The summed E-state index contributed by atoms with van der Waals surface area (Å²) in [4.78, 5) is 17.8. The van der Waals surface area contributed by atoms with Gasteiger partial charge in [0.15, 0.2) is 4.80 Å². The van der Waals surface area contributed by atoms with Crippen molar-refractivity contribution in [3.63, 3.8) is 0 Å². The van der Waals surface area contributed by atoms with Crippen molar-refractivity contribution in [2.45, 2.75) is 19.8 Å². The molecule has 1 aromatic heterocycles. The number of carbonyl (C=O) groups is 1. The largest absolute Gasteiger partial charge is 0.326 e. The zero-order valence-electron chi connectivity index (χ0n) is 14.8. The van der Waals surface area contributed by atoms with Gasteiger partial charge in [0.05, 0.1) is 12.1 Å². The Morgan fingerprint density at radius 1 is 1.12 bits per heavy atom. The van der Waals surface area contributed by atoms with Crippen LogP contribution in [0.3, 0.4) is 0 Å². The van der Waals surface area contributed by atoms with Crippen LogP contribution in [-0.4, -0.2) is 10.5 Å². The summed E-state index contributed by atoms with van der Waals surface area (Å²) < 4.78 is 1.98. The molecular weight excluding hydrogens is 366 g/mol. The van der Waals surface area contributed by atoms with Crippen LogP contribution < -0.4 is 10.1 Å². The third kappa shape index (κ3) is 5.07. The summed E-state index contributed by atoms with van der Waals surface area (Å²) in [6.45, 7) is 2.14. The van der Waals surface area contributed by atoms with Crippen LogP contribution in [0.2, 0.25) is 0 Å². The quantitative estimate of drug-likeness (QED) is 0.689. The molecule has 0 saturated carbocycles. The van der Waals surface area contributed by atoms with Crippen molar-refractivity contribution in [1.29, 1.82) is 0 Å². The number of carbonyl (C=O) groups excluding carboxylic acids is 1. The fourth-order valence-electron chi connectivity index (χ4n) is 2.47. The van der Waals surface area contributed by atoms with E-state index in [9.17, 15) is 4.79 Å². The van der Waals surface area contributed by atoms with Crippen LogP contribution in [-0.2, 0) is 24.7 Å². The molecule has 0 saturated heterocycles. The van der Waals surface area contributed by atoms with Gasteiger partial charge in [0.25, 0.3) is 0 Å². The summed E-state index contributed by atoms with van der Waals surface area (Å²) in [6.07, 6.45) is 1.35. The van der Waals surface area contributed by atoms with Gasteiger partial charge in [-0.05, 0) is 36.2 Å². The molecule has 0 unspecified atom stereocenters. The summed E-state index contributed by atoms with van der Waals surface area (Å²) in [5, 5.41) is 4.90. The molecule has 0 spiro atoms. The fraction of sp³-hybridized carbons (Fsp3) is 0.200. The molecule has 1 N–H and O–H groups in total. The topological polar surface area (TPSA) is 46.4 Å². The zero-order valence-corrected chi connectivity index (χ0v) is 16.4. The number of rotatable bonds is 5. The molecular formula is C20H22ClN3OS. The number of hydrogen-bond donors (Lipinski definition) is 1. The van der Waals surface area contributed by atoms with E-state index in [-0.39, 0.29) is 18.3 Å². The summed E-state index contributed by atoms with van der Waals surface area (Å²) in [5.74, 6) is -0.0292. The van der Waals surface area contributed by atoms with Gasteiger partial charge in [-0.1, -0.05) is 37.3 Å². The van der Waals surface area contributed by atoms with Crippen molar-refractivity contribution in [3.05, 3.63) is 76.0 Å². The van der Waals surface area contributed by atoms with E-state index >= 15 is 0 Å². The van der Waals surface area contributed by atoms with E-state index in [0.29, 0.717) is 6.42 Å². The lowest BCUT2D eigenvalue weighted by atomic mass is 10.2. The monoisotopic (exact) mass is 387 g/mol. The average Bonchev–Trinajstić information content (AvgIpc) is 2.96. The first-order chi connectivity index (χ1) is 12.2. The SMILES string of the molecule is CCc1ccc(N=c2scc(CC(=O)Nc3ccccc3)n2C)cc1.Cl. The highest BCUT2D eigenvalue weighted by atomic mass is 35.5. The minimum Gasteiger partial charge on any atom is -0.326 e. The molecule has 4 nitrogen and oxygen atoms in total. The number of hydrogen-bond acceptors (Lipinski definition) is 3. The Morgan fingerprint density at radius 2 is 1.81 bits per heavy atom. The Balaban J connectivity index is 0.00000243. The third-order valence-corrected chi connectivity index (χ3v) is 4.95. The number of halogens is 1. The minimum atomic E-state index is -0.0292. The van der Waals surface area contributed by atoms with Crippen LogP contribution >= 0.6 is 23.7 Å². The molecule has 136 valence electrons. The maximum absolute atomic E-state index is 12.2. The molecule has 6 heteroatoms. The third-order valence-electron chi connectivity index (χ3n) is 3.99. The van der Waals surface area contributed by atoms with Crippen molar-refractivity contribution in [1.82, 2.24) is 4.57 Å². The Hall–Kier alpha value is -2.37. The number of para-hydroxylation sites is 1. The average molecular weight is 388 g/mol. The zero-order chi connectivity index (χ0) is 17.6. The van der Waals surface area contributed by atoms with E-state index in [1.54, 1.807) is 11.3 Å². The minimum absolute atomic E-state index is 0. The van der Waals surface area contributed by atoms with Crippen LogP contribution in [0.4, 0.5) is 11.4 Å². The van der Waals surface area contributed by atoms with E-state index in [2.05, 4.69) is 29.4 Å². The van der Waals surface area contributed by atoms with Gasteiger partial charge in [0, 0.05) is 23.8 Å². The van der Waals surface area contributed by atoms with Gasteiger partial charge in [-0.25, -0.2) is 4.99 Å². The van der Waals surface area contributed by atoms with E-state index in [1.807, 2.05) is 59.5 Å². The summed E-state index contributed by atoms with van der Waals surface area (Å²) in [5.41, 5.74) is 3.98. The molecule has 0 aliphatic heterocycles. The molecule has 1 heterocycles. The molecule has 3 rings (SSSR count). The highest BCUT2D eigenvalue weighted by molar-refractivity contribution is 7.07. The molecule has 0 radical (unpaired) electrons. The van der Waals surface area contributed by atoms with Gasteiger partial charge in [0.2, 0.25) is 5.91 Å². The van der Waals surface area contributed by atoms with Crippen molar-refractivity contribution in [2.75, 3.05) is 5.32 Å². The number of benzene rings is 2. The van der Waals surface area contributed by atoms with Gasteiger partial charge in [-0.15, -0.1) is 23.7 Å². The predicted molar refractivity (Wildman–Crippen MR) is 110 cm³/mol. The van der Waals surface area contributed by atoms with Crippen molar-refractivity contribution in [3.8, 4) is 0 Å². The maximum atomic E-state index is 12.2. The van der Waals surface area contributed by atoms with E-state index in [1.165, 1.54) is 5.56 Å². The van der Waals surface area contributed by atoms with Crippen molar-refractivity contribution < 1.29 is 4.79 Å². The first-order valence-electron chi connectivity index (χ1n) is 8.27. The number of amides is 1. The number of nitrogens with one attached hydrogen (secondary N) is 1. The fourth-order valence-corrected chi connectivity index (χ4v) is 3.39. The molecule has 26 heavy (non-hydrogen) atoms. The highest BCUT2D eigenvalue weighted by Gasteiger charge is 2.08. The molecule has 0 bridgehead atoms. The summed E-state index contributed by atoms with van der Waals surface area (Å²) >= 11 is 1.55. The Labute approximate surface area is 163 Å². The Bertz CT molecular complexity index is 914. The van der Waals surface area contributed by atoms with E-state index in [4.69, 9.17) is 0 Å². The first kappa shape index (κ1) is 19.9. The van der Waals surface area contributed by atoms with E-state index in [0.717, 1.165) is 28.3 Å². The molecule has 3 aromatic rings. The van der Waals surface area contributed by atoms with Crippen LogP contribution in [0.25, 0.3) is 0 Å². The second-order valence-corrected chi connectivity index (χ2v) is 6.63. The van der Waals surface area contributed by atoms with Gasteiger partial charge in [-0.3, -0.25) is 4.79 Å².